The molecule has 72 valence electrons. The number of aryl methyl sites for hydroxylation is 1. The molecule has 0 aliphatic carbocycles. The van der Waals surface area contributed by atoms with Crippen molar-refractivity contribution in [2.24, 2.45) is 0 Å². The maximum atomic E-state index is 11.6. The Morgan fingerprint density at radius 2 is 2.50 bits per heavy atom. The Kier molecular flexibility index (Phi) is 2.45. The van der Waals surface area contributed by atoms with Crippen molar-refractivity contribution in [1.29, 1.82) is 0 Å². The van der Waals surface area contributed by atoms with Crippen LogP contribution in [-0.4, -0.2) is 10.2 Å². The number of carbonyl (C=O) groups is 1. The Bertz CT molecular complexity index is 431. The molecule has 2 heterocycles. The summed E-state index contributed by atoms with van der Waals surface area (Å²) in [6.45, 7) is 1.82. The van der Waals surface area contributed by atoms with E-state index in [0.29, 0.717) is 12.0 Å². The number of hydrogen-bond donors (Lipinski definition) is 0. The first-order chi connectivity index (χ1) is 6.75. The third-order valence-corrected chi connectivity index (χ3v) is 2.62. The Morgan fingerprint density at radius 1 is 1.64 bits per heavy atom. The normalized spacial score (nSPS) is 10.4. The van der Waals surface area contributed by atoms with Crippen LogP contribution in [0.3, 0.4) is 0 Å². The molecule has 2 aromatic rings. The van der Waals surface area contributed by atoms with E-state index in [9.17, 15) is 4.79 Å². The number of furan rings is 1. The molecule has 3 nitrogen and oxygen atoms in total. The number of hydrogen-bond acceptors (Lipinski definition) is 4. The van der Waals surface area contributed by atoms with Crippen LogP contribution in [0.25, 0.3) is 0 Å². The summed E-state index contributed by atoms with van der Waals surface area (Å²) in [7, 11) is 0. The summed E-state index contributed by atoms with van der Waals surface area (Å²) in [5.74, 6) is 0.837. The molecule has 0 unspecified atom stereocenters. The van der Waals surface area contributed by atoms with E-state index < -0.39 is 0 Å². The molecule has 0 radical (unpaired) electrons. The fraction of sp³-hybridized carbons (Fsp3) is 0.200. The number of aromatic nitrogens is 1. The van der Waals surface area contributed by atoms with Crippen LogP contribution in [0.4, 0.5) is 0 Å². The van der Waals surface area contributed by atoms with E-state index in [1.165, 1.54) is 17.8 Å². The van der Waals surface area contributed by atoms with Gasteiger partial charge in [-0.15, -0.1) is 0 Å². The molecule has 0 bridgehead atoms. The lowest BCUT2D eigenvalue weighted by atomic mass is 10.1. The molecular formula is C10H9NO2S. The van der Waals surface area contributed by atoms with Gasteiger partial charge in [0.1, 0.15) is 12.0 Å². The number of Topliss-reactive ketones (excluding diaryl/α,β-unsaturated/α-hetero) is 1. The van der Waals surface area contributed by atoms with Gasteiger partial charge in [-0.1, -0.05) is 0 Å². The Hall–Kier alpha value is -1.42. The molecule has 0 amide bonds. The van der Waals surface area contributed by atoms with Crippen LogP contribution in [0.5, 0.6) is 0 Å². The Balaban J connectivity index is 2.10. The van der Waals surface area contributed by atoms with Crippen LogP contribution >= 0.6 is 11.5 Å². The van der Waals surface area contributed by atoms with Gasteiger partial charge in [0.05, 0.1) is 5.56 Å². The van der Waals surface area contributed by atoms with Gasteiger partial charge in [0.2, 0.25) is 0 Å². The second-order valence-electron chi connectivity index (χ2n) is 3.02. The quantitative estimate of drug-likeness (QED) is 0.726. The zero-order chi connectivity index (χ0) is 9.97. The van der Waals surface area contributed by atoms with Crippen molar-refractivity contribution in [1.82, 2.24) is 4.37 Å². The molecule has 0 atom stereocenters. The molecule has 0 aromatic carbocycles. The molecule has 4 heteroatoms. The average Bonchev–Trinajstić information content (AvgIpc) is 2.75. The van der Waals surface area contributed by atoms with E-state index in [1.807, 2.05) is 13.0 Å². The van der Waals surface area contributed by atoms with Crippen LogP contribution in [-0.2, 0) is 6.42 Å². The first kappa shape index (κ1) is 9.15. The summed E-state index contributed by atoms with van der Waals surface area (Å²) in [6.07, 6.45) is 3.61. The second-order valence-corrected chi connectivity index (χ2v) is 3.94. The van der Waals surface area contributed by atoms with Crippen LogP contribution in [0.2, 0.25) is 0 Å². The molecule has 14 heavy (non-hydrogen) atoms. The van der Waals surface area contributed by atoms with Crippen molar-refractivity contribution in [2.45, 2.75) is 13.3 Å². The SMILES string of the molecule is Cc1cc(C(=O)Cc2ccns2)co1. The largest absolute Gasteiger partial charge is 0.469 e. The zero-order valence-electron chi connectivity index (χ0n) is 7.69. The van der Waals surface area contributed by atoms with E-state index in [-0.39, 0.29) is 5.78 Å². The number of ketones is 1. The van der Waals surface area contributed by atoms with Crippen LogP contribution in [0.15, 0.2) is 29.0 Å². The van der Waals surface area contributed by atoms with Gasteiger partial charge < -0.3 is 4.42 Å². The topological polar surface area (TPSA) is 43.1 Å². The highest BCUT2D eigenvalue weighted by atomic mass is 32.1. The van der Waals surface area contributed by atoms with Gasteiger partial charge in [0, 0.05) is 17.5 Å². The monoisotopic (exact) mass is 207 g/mol. The molecule has 0 saturated heterocycles. The highest BCUT2D eigenvalue weighted by Crippen LogP contribution is 2.12. The first-order valence-electron chi connectivity index (χ1n) is 4.23. The molecule has 0 aliphatic heterocycles. The van der Waals surface area contributed by atoms with Gasteiger partial charge in [-0.2, -0.15) is 0 Å². The molecule has 0 spiro atoms. The number of rotatable bonds is 3. The lowest BCUT2D eigenvalue weighted by molar-refractivity contribution is 0.0993. The molecule has 0 fully saturated rings. The van der Waals surface area contributed by atoms with Gasteiger partial charge in [0.25, 0.3) is 0 Å². The minimum absolute atomic E-state index is 0.0751. The maximum Gasteiger partial charge on any atom is 0.171 e. The molecular weight excluding hydrogens is 198 g/mol. The third kappa shape index (κ3) is 1.90. The number of nitrogens with zero attached hydrogens (tertiary/aromatic N) is 1. The van der Waals surface area contributed by atoms with E-state index >= 15 is 0 Å². The minimum atomic E-state index is 0.0751. The Labute approximate surface area is 85.5 Å². The lowest BCUT2D eigenvalue weighted by Crippen LogP contribution is -1.99. The summed E-state index contributed by atoms with van der Waals surface area (Å²) < 4.78 is 9.01. The summed E-state index contributed by atoms with van der Waals surface area (Å²) in [6, 6.07) is 3.61. The molecule has 2 rings (SSSR count). The van der Waals surface area contributed by atoms with Gasteiger partial charge in [-0.05, 0) is 30.6 Å². The van der Waals surface area contributed by atoms with Gasteiger partial charge >= 0.3 is 0 Å². The average molecular weight is 207 g/mol. The summed E-state index contributed by atoms with van der Waals surface area (Å²) in [5, 5.41) is 0. The standard InChI is InChI=1S/C10H9NO2S/c1-7-4-8(6-13-7)10(12)5-9-2-3-11-14-9/h2-4,6H,5H2,1H3. The smallest absolute Gasteiger partial charge is 0.171 e. The summed E-state index contributed by atoms with van der Waals surface area (Å²) >= 11 is 1.35. The highest BCUT2D eigenvalue weighted by Gasteiger charge is 2.10. The lowest BCUT2D eigenvalue weighted by Gasteiger charge is -1.92. The van der Waals surface area contributed by atoms with Crippen LogP contribution < -0.4 is 0 Å². The predicted molar refractivity (Wildman–Crippen MR) is 53.6 cm³/mol. The molecule has 0 saturated carbocycles. The first-order valence-corrected chi connectivity index (χ1v) is 5.01. The van der Waals surface area contributed by atoms with Crippen molar-refractivity contribution in [3.8, 4) is 0 Å². The molecule has 2 aromatic heterocycles. The number of carbonyl (C=O) groups excluding carboxylic acids is 1. The van der Waals surface area contributed by atoms with Gasteiger partial charge in [0.15, 0.2) is 5.78 Å². The van der Waals surface area contributed by atoms with Crippen molar-refractivity contribution in [3.05, 3.63) is 40.8 Å². The predicted octanol–water partition coefficient (Wildman–Crippen LogP) is 2.47. The van der Waals surface area contributed by atoms with Gasteiger partial charge in [-0.3, -0.25) is 4.79 Å². The third-order valence-electron chi connectivity index (χ3n) is 1.88. The van der Waals surface area contributed by atoms with E-state index in [0.717, 1.165) is 10.6 Å². The van der Waals surface area contributed by atoms with E-state index in [1.54, 1.807) is 12.3 Å². The summed E-state index contributed by atoms with van der Waals surface area (Å²) in [5.41, 5.74) is 0.635. The van der Waals surface area contributed by atoms with Crippen molar-refractivity contribution in [2.75, 3.05) is 0 Å². The zero-order valence-corrected chi connectivity index (χ0v) is 8.50. The van der Waals surface area contributed by atoms with Crippen LogP contribution in [0.1, 0.15) is 21.0 Å². The minimum Gasteiger partial charge on any atom is -0.469 e. The van der Waals surface area contributed by atoms with E-state index in [2.05, 4.69) is 4.37 Å². The summed E-state index contributed by atoms with van der Waals surface area (Å²) in [4.78, 5) is 12.6. The fourth-order valence-electron chi connectivity index (χ4n) is 1.18. The van der Waals surface area contributed by atoms with E-state index in [4.69, 9.17) is 4.42 Å². The highest BCUT2D eigenvalue weighted by molar-refractivity contribution is 7.05. The van der Waals surface area contributed by atoms with Gasteiger partial charge in [-0.25, -0.2) is 4.37 Å². The second kappa shape index (κ2) is 3.75. The van der Waals surface area contributed by atoms with Crippen molar-refractivity contribution < 1.29 is 9.21 Å². The van der Waals surface area contributed by atoms with Crippen molar-refractivity contribution >= 4 is 17.3 Å². The maximum absolute atomic E-state index is 11.6. The molecule has 0 N–H and O–H groups in total. The Morgan fingerprint density at radius 3 is 3.07 bits per heavy atom. The fourth-order valence-corrected chi connectivity index (χ4v) is 1.76. The van der Waals surface area contributed by atoms with Crippen molar-refractivity contribution in [3.63, 3.8) is 0 Å². The van der Waals surface area contributed by atoms with Crippen LogP contribution in [0, 0.1) is 6.92 Å². The molecule has 0 aliphatic rings.